The predicted molar refractivity (Wildman–Crippen MR) is 414 cm³/mol. The van der Waals surface area contributed by atoms with Crippen LogP contribution in [-0.4, -0.2) is 96.7 Å². The van der Waals surface area contributed by atoms with Crippen LogP contribution in [0, 0.1) is 17.8 Å². The first-order chi connectivity index (χ1) is 48.8. The third-order valence-corrected chi connectivity index (χ3v) is 21.8. The van der Waals surface area contributed by atoms with Gasteiger partial charge in [-0.05, 0) is 43.4 Å². The molecule has 101 heavy (non-hydrogen) atoms. The molecule has 0 aromatic rings. The fourth-order valence-corrected chi connectivity index (χ4v) is 14.2. The van der Waals surface area contributed by atoms with Gasteiger partial charge >= 0.3 is 39.5 Å². The number of aliphatic hydroxyl groups excluding tert-OH is 1. The molecule has 0 aliphatic carbocycles. The molecule has 0 fully saturated rings. The average molecular weight is 1480 g/mol. The minimum atomic E-state index is -4.96. The molecule has 600 valence electrons. The highest BCUT2D eigenvalue weighted by molar-refractivity contribution is 7.47. The summed E-state index contributed by atoms with van der Waals surface area (Å²) in [6.45, 7) is 12.0. The van der Waals surface area contributed by atoms with Crippen LogP contribution in [0.25, 0.3) is 0 Å². The zero-order valence-electron chi connectivity index (χ0n) is 66.4. The van der Waals surface area contributed by atoms with Crippen LogP contribution in [0.1, 0.15) is 427 Å². The maximum absolute atomic E-state index is 13.1. The SMILES string of the molecule is CCCCCCCCCCCCCCCCCCC(=O)OC[C@H](COP(=O)(O)OC[C@@H](O)COP(=O)(O)OC[C@@H](COC(=O)CCCCCCCCCCC(C)CC)OC(=O)CCCCCCCCCCC(C)CC)OC(=O)CCCCCCCCCCCCCCCCCCCCC(C)C. The Kier molecular flexibility index (Phi) is 70.9. The van der Waals surface area contributed by atoms with Crippen LogP contribution in [0.3, 0.4) is 0 Å². The average Bonchev–Trinajstić information content (AvgIpc) is 1.07. The second-order valence-electron chi connectivity index (χ2n) is 30.5. The van der Waals surface area contributed by atoms with Crippen molar-refractivity contribution in [2.24, 2.45) is 17.8 Å². The number of phosphoric ester groups is 2. The summed E-state index contributed by atoms with van der Waals surface area (Å²) in [4.78, 5) is 73.1. The van der Waals surface area contributed by atoms with Gasteiger partial charge in [0.1, 0.15) is 19.3 Å². The van der Waals surface area contributed by atoms with Crippen molar-refractivity contribution < 1.29 is 80.2 Å². The minimum Gasteiger partial charge on any atom is -0.462 e. The Morgan fingerprint density at radius 1 is 0.287 bits per heavy atom. The summed E-state index contributed by atoms with van der Waals surface area (Å²) in [7, 11) is -9.92. The number of hydrogen-bond donors (Lipinski definition) is 3. The predicted octanol–water partition coefficient (Wildman–Crippen LogP) is 24.5. The topological polar surface area (TPSA) is 237 Å². The van der Waals surface area contributed by atoms with E-state index in [2.05, 4.69) is 48.5 Å². The van der Waals surface area contributed by atoms with Crippen molar-refractivity contribution >= 4 is 39.5 Å². The van der Waals surface area contributed by atoms with E-state index in [1.807, 2.05) is 0 Å². The standard InChI is InChI=1S/C82H160O17P2/c1-8-11-12-13-14-15-16-17-18-24-27-30-33-42-49-56-63-79(84)92-69-77(98-81(86)65-58-51-44-34-31-28-25-22-20-19-21-23-26-29-32-39-46-53-60-73(4)5)71-96-100(88,89)94-67-76(83)68-95-101(90,91)97-72-78(99-82(87)66-59-52-45-38-36-41-48-55-62-75(7)10-3)70-93-80(85)64-57-50-43-37-35-40-47-54-61-74(6)9-2/h73-78,83H,8-72H2,1-7H3,(H,88,89)(H,90,91)/t74?,75?,76-,77-,78-/m1/s1. The summed E-state index contributed by atoms with van der Waals surface area (Å²) in [6.07, 6.45) is 61.0. The van der Waals surface area contributed by atoms with Gasteiger partial charge in [0.2, 0.25) is 0 Å². The first-order valence-electron chi connectivity index (χ1n) is 42.4. The maximum Gasteiger partial charge on any atom is 0.472 e. The van der Waals surface area contributed by atoms with Crippen LogP contribution in [0.2, 0.25) is 0 Å². The molecule has 3 N–H and O–H groups in total. The smallest absolute Gasteiger partial charge is 0.462 e. The van der Waals surface area contributed by atoms with E-state index in [1.54, 1.807) is 0 Å². The number of carbonyl (C=O) groups excluding carboxylic acids is 4. The molecule has 0 saturated carbocycles. The summed E-state index contributed by atoms with van der Waals surface area (Å²) < 4.78 is 68.8. The van der Waals surface area contributed by atoms with E-state index in [1.165, 1.54) is 238 Å². The summed E-state index contributed by atoms with van der Waals surface area (Å²) >= 11 is 0. The molecule has 7 atom stereocenters. The van der Waals surface area contributed by atoms with E-state index in [4.69, 9.17) is 37.0 Å². The van der Waals surface area contributed by atoms with Gasteiger partial charge in [-0.25, -0.2) is 9.13 Å². The molecule has 0 bridgehead atoms. The van der Waals surface area contributed by atoms with Crippen molar-refractivity contribution in [1.29, 1.82) is 0 Å². The Hall–Kier alpha value is -1.94. The van der Waals surface area contributed by atoms with Crippen LogP contribution in [0.4, 0.5) is 0 Å². The van der Waals surface area contributed by atoms with Crippen molar-refractivity contribution in [2.75, 3.05) is 39.6 Å². The van der Waals surface area contributed by atoms with Crippen LogP contribution >= 0.6 is 15.6 Å². The van der Waals surface area contributed by atoms with Gasteiger partial charge in [0.05, 0.1) is 26.4 Å². The first kappa shape index (κ1) is 99.1. The van der Waals surface area contributed by atoms with E-state index in [-0.39, 0.29) is 25.7 Å². The third kappa shape index (κ3) is 73.4. The van der Waals surface area contributed by atoms with E-state index in [0.29, 0.717) is 25.7 Å². The number of rotatable bonds is 80. The first-order valence-corrected chi connectivity index (χ1v) is 45.4. The lowest BCUT2D eigenvalue weighted by atomic mass is 9.99. The van der Waals surface area contributed by atoms with Gasteiger partial charge in [-0.3, -0.25) is 37.3 Å². The van der Waals surface area contributed by atoms with Gasteiger partial charge < -0.3 is 33.8 Å². The molecule has 0 saturated heterocycles. The quantitative estimate of drug-likeness (QED) is 0.0222. The van der Waals surface area contributed by atoms with Crippen molar-refractivity contribution in [3.05, 3.63) is 0 Å². The number of esters is 4. The van der Waals surface area contributed by atoms with E-state index in [9.17, 15) is 43.2 Å². The molecule has 0 spiro atoms. The molecule has 0 radical (unpaired) electrons. The van der Waals surface area contributed by atoms with Crippen LogP contribution in [-0.2, 0) is 65.4 Å². The second kappa shape index (κ2) is 72.3. The number of unbranched alkanes of at least 4 members (excludes halogenated alkanes) is 46. The van der Waals surface area contributed by atoms with Crippen LogP contribution in [0.5, 0.6) is 0 Å². The number of phosphoric acid groups is 2. The monoisotopic (exact) mass is 1480 g/mol. The Morgan fingerprint density at radius 2 is 0.505 bits per heavy atom. The summed E-state index contributed by atoms with van der Waals surface area (Å²) in [5, 5.41) is 10.6. The highest BCUT2D eigenvalue weighted by Gasteiger charge is 2.30. The number of ether oxygens (including phenoxy) is 4. The Morgan fingerprint density at radius 3 is 0.752 bits per heavy atom. The van der Waals surface area contributed by atoms with E-state index in [0.717, 1.165) is 108 Å². The Balaban J connectivity index is 5.24. The lowest BCUT2D eigenvalue weighted by Gasteiger charge is -2.21. The molecule has 0 aliphatic rings. The normalized spacial score (nSPS) is 14.5. The van der Waals surface area contributed by atoms with E-state index >= 15 is 0 Å². The molecular formula is C82H160O17P2. The van der Waals surface area contributed by atoms with Gasteiger partial charge in [-0.1, -0.05) is 376 Å². The molecular weight excluding hydrogens is 1320 g/mol. The molecule has 19 heteroatoms. The van der Waals surface area contributed by atoms with E-state index < -0.39 is 97.5 Å². The van der Waals surface area contributed by atoms with Crippen molar-refractivity contribution in [3.63, 3.8) is 0 Å². The van der Waals surface area contributed by atoms with Gasteiger partial charge in [-0.15, -0.1) is 0 Å². The van der Waals surface area contributed by atoms with Gasteiger partial charge in [0.25, 0.3) is 0 Å². The van der Waals surface area contributed by atoms with Crippen molar-refractivity contribution in [1.82, 2.24) is 0 Å². The van der Waals surface area contributed by atoms with Crippen LogP contribution < -0.4 is 0 Å². The summed E-state index contributed by atoms with van der Waals surface area (Å²) in [6, 6.07) is 0. The lowest BCUT2D eigenvalue weighted by molar-refractivity contribution is -0.161. The Bertz CT molecular complexity index is 1960. The van der Waals surface area contributed by atoms with Crippen molar-refractivity contribution in [2.45, 2.75) is 446 Å². The molecule has 17 nitrogen and oxygen atoms in total. The van der Waals surface area contributed by atoms with Gasteiger partial charge in [0.15, 0.2) is 12.2 Å². The summed E-state index contributed by atoms with van der Waals surface area (Å²) in [5.74, 6) is 0.256. The van der Waals surface area contributed by atoms with Crippen LogP contribution in [0.15, 0.2) is 0 Å². The lowest BCUT2D eigenvalue weighted by Crippen LogP contribution is -2.30. The largest absolute Gasteiger partial charge is 0.472 e. The minimum absolute atomic E-state index is 0.105. The number of hydrogen-bond acceptors (Lipinski definition) is 15. The third-order valence-electron chi connectivity index (χ3n) is 19.9. The Labute approximate surface area is 619 Å². The fraction of sp³-hybridized carbons (Fsp3) is 0.951. The zero-order chi connectivity index (χ0) is 74.4. The van der Waals surface area contributed by atoms with Gasteiger partial charge in [0, 0.05) is 25.7 Å². The zero-order valence-corrected chi connectivity index (χ0v) is 68.2. The maximum atomic E-state index is 13.1. The number of aliphatic hydroxyl groups is 1. The molecule has 0 aliphatic heterocycles. The summed E-state index contributed by atoms with van der Waals surface area (Å²) in [5.41, 5.74) is 0. The van der Waals surface area contributed by atoms with Gasteiger partial charge in [-0.2, -0.15) is 0 Å². The number of carbonyl (C=O) groups is 4. The molecule has 0 aromatic heterocycles. The molecule has 0 aromatic carbocycles. The molecule has 0 heterocycles. The highest BCUT2D eigenvalue weighted by Crippen LogP contribution is 2.45. The van der Waals surface area contributed by atoms with Crippen molar-refractivity contribution in [3.8, 4) is 0 Å². The second-order valence-corrected chi connectivity index (χ2v) is 33.4. The molecule has 4 unspecified atom stereocenters. The molecule has 0 rings (SSSR count). The fourth-order valence-electron chi connectivity index (χ4n) is 12.6. The highest BCUT2D eigenvalue weighted by atomic mass is 31.2. The molecule has 0 amide bonds.